The van der Waals surface area contributed by atoms with Crippen LogP contribution in [0.5, 0.6) is 0 Å². The van der Waals surface area contributed by atoms with Crippen molar-refractivity contribution in [3.05, 3.63) is 71.8 Å². The molecule has 0 heterocycles. The van der Waals surface area contributed by atoms with Gasteiger partial charge in [-0.05, 0) is 23.5 Å². The van der Waals surface area contributed by atoms with Crippen LogP contribution in [-0.2, 0) is 13.1 Å². The van der Waals surface area contributed by atoms with Crippen molar-refractivity contribution in [1.29, 1.82) is 0 Å². The van der Waals surface area contributed by atoms with Gasteiger partial charge in [0, 0.05) is 25.7 Å². The maximum absolute atomic E-state index is 6.22. The summed E-state index contributed by atoms with van der Waals surface area (Å²) in [7, 11) is 0. The van der Waals surface area contributed by atoms with Crippen molar-refractivity contribution in [2.45, 2.75) is 39.4 Å². The van der Waals surface area contributed by atoms with Crippen LogP contribution in [0.25, 0.3) is 0 Å². The molecule has 0 aliphatic rings. The molecule has 0 radical (unpaired) electrons. The van der Waals surface area contributed by atoms with E-state index in [1.165, 1.54) is 11.1 Å². The third-order valence-corrected chi connectivity index (χ3v) is 4.13. The molecule has 0 bridgehead atoms. The molecular weight excluding hydrogens is 268 g/mol. The predicted molar refractivity (Wildman–Crippen MR) is 94.4 cm³/mol. The zero-order valence-electron chi connectivity index (χ0n) is 13.8. The first-order chi connectivity index (χ1) is 10.6. The van der Waals surface area contributed by atoms with Gasteiger partial charge in [-0.2, -0.15) is 0 Å². The minimum absolute atomic E-state index is 0.272. The van der Waals surface area contributed by atoms with Crippen molar-refractivity contribution in [2.24, 2.45) is 11.7 Å². The van der Waals surface area contributed by atoms with Crippen LogP contribution in [-0.4, -0.2) is 17.5 Å². The van der Waals surface area contributed by atoms with E-state index in [1.807, 2.05) is 0 Å². The Balaban J connectivity index is 2.00. The van der Waals surface area contributed by atoms with Gasteiger partial charge in [0.2, 0.25) is 0 Å². The zero-order valence-corrected chi connectivity index (χ0v) is 13.8. The lowest BCUT2D eigenvalue weighted by molar-refractivity contribution is 0.238. The van der Waals surface area contributed by atoms with Crippen LogP contribution in [0.1, 0.15) is 31.4 Å². The summed E-state index contributed by atoms with van der Waals surface area (Å²) in [4.78, 5) is 2.49. The zero-order chi connectivity index (χ0) is 15.8. The number of rotatable bonds is 8. The average molecular weight is 296 g/mol. The Bertz CT molecular complexity index is 480. The maximum atomic E-state index is 6.22. The van der Waals surface area contributed by atoms with Gasteiger partial charge < -0.3 is 5.73 Å². The van der Waals surface area contributed by atoms with Gasteiger partial charge in [-0.1, -0.05) is 74.5 Å². The van der Waals surface area contributed by atoms with Gasteiger partial charge in [0.1, 0.15) is 0 Å². The Morgan fingerprint density at radius 3 is 1.68 bits per heavy atom. The largest absolute Gasteiger partial charge is 0.327 e. The summed E-state index contributed by atoms with van der Waals surface area (Å²) < 4.78 is 0. The summed E-state index contributed by atoms with van der Waals surface area (Å²) in [6, 6.07) is 21.6. The molecule has 1 unspecified atom stereocenters. The van der Waals surface area contributed by atoms with Gasteiger partial charge in [-0.25, -0.2) is 0 Å². The minimum atomic E-state index is 0.272. The van der Waals surface area contributed by atoms with Crippen molar-refractivity contribution in [3.8, 4) is 0 Å². The van der Waals surface area contributed by atoms with Gasteiger partial charge in [-0.3, -0.25) is 4.90 Å². The molecule has 2 heteroatoms. The fourth-order valence-corrected chi connectivity index (χ4v) is 2.56. The minimum Gasteiger partial charge on any atom is -0.327 e. The second-order valence-electron chi connectivity index (χ2n) is 6.38. The quantitative estimate of drug-likeness (QED) is 0.796. The van der Waals surface area contributed by atoms with E-state index < -0.39 is 0 Å². The van der Waals surface area contributed by atoms with Crippen molar-refractivity contribution in [3.63, 3.8) is 0 Å². The summed E-state index contributed by atoms with van der Waals surface area (Å²) in [6.45, 7) is 7.37. The Kier molecular flexibility index (Phi) is 6.63. The van der Waals surface area contributed by atoms with Crippen LogP contribution >= 0.6 is 0 Å². The first-order valence-corrected chi connectivity index (χ1v) is 8.21. The molecular formula is C20H28N2. The monoisotopic (exact) mass is 296 g/mol. The third kappa shape index (κ3) is 5.63. The fourth-order valence-electron chi connectivity index (χ4n) is 2.56. The van der Waals surface area contributed by atoms with Crippen molar-refractivity contribution < 1.29 is 0 Å². The van der Waals surface area contributed by atoms with E-state index in [2.05, 4.69) is 79.4 Å². The highest BCUT2D eigenvalue weighted by molar-refractivity contribution is 5.17. The van der Waals surface area contributed by atoms with Crippen LogP contribution in [0.15, 0.2) is 60.7 Å². The molecule has 0 saturated carbocycles. The molecule has 1 atom stereocenters. The van der Waals surface area contributed by atoms with E-state index >= 15 is 0 Å². The van der Waals surface area contributed by atoms with Crippen molar-refractivity contribution in [1.82, 2.24) is 4.90 Å². The van der Waals surface area contributed by atoms with Crippen LogP contribution < -0.4 is 5.73 Å². The van der Waals surface area contributed by atoms with Crippen LogP contribution in [0.3, 0.4) is 0 Å². The number of hydrogen-bond acceptors (Lipinski definition) is 2. The summed E-state index contributed by atoms with van der Waals surface area (Å²) in [5.74, 6) is 0.537. The standard InChI is InChI=1S/C20H28N2/c1-17(2)20(21)13-14-22(15-18-9-5-3-6-10-18)16-19-11-7-4-8-12-19/h3-12,17,20H,13-16,21H2,1-2H3. The lowest BCUT2D eigenvalue weighted by atomic mass is 10.0. The third-order valence-electron chi connectivity index (χ3n) is 4.13. The van der Waals surface area contributed by atoms with E-state index in [-0.39, 0.29) is 6.04 Å². The Labute approximate surface area is 135 Å². The number of nitrogens with zero attached hydrogens (tertiary/aromatic N) is 1. The molecule has 0 fully saturated rings. The number of nitrogens with two attached hydrogens (primary N) is 1. The van der Waals surface area contributed by atoms with Gasteiger partial charge in [0.25, 0.3) is 0 Å². The molecule has 0 spiro atoms. The number of benzene rings is 2. The maximum Gasteiger partial charge on any atom is 0.0237 e. The van der Waals surface area contributed by atoms with Gasteiger partial charge in [0.05, 0.1) is 0 Å². The summed E-state index contributed by atoms with van der Waals surface area (Å²) in [5, 5.41) is 0. The van der Waals surface area contributed by atoms with Crippen molar-refractivity contribution >= 4 is 0 Å². The average Bonchev–Trinajstić information content (AvgIpc) is 2.54. The molecule has 2 rings (SSSR count). The second kappa shape index (κ2) is 8.72. The highest BCUT2D eigenvalue weighted by Crippen LogP contribution is 2.12. The van der Waals surface area contributed by atoms with E-state index in [1.54, 1.807) is 0 Å². The van der Waals surface area contributed by atoms with E-state index in [9.17, 15) is 0 Å². The first-order valence-electron chi connectivity index (χ1n) is 8.21. The highest BCUT2D eigenvalue weighted by atomic mass is 15.1. The molecule has 0 aliphatic heterocycles. The molecule has 0 saturated heterocycles. The summed E-state index contributed by atoms with van der Waals surface area (Å²) in [5.41, 5.74) is 8.94. The van der Waals surface area contributed by atoms with Gasteiger partial charge in [0.15, 0.2) is 0 Å². The molecule has 2 nitrogen and oxygen atoms in total. The predicted octanol–water partition coefficient (Wildman–Crippen LogP) is 4.06. The van der Waals surface area contributed by atoms with Gasteiger partial charge >= 0.3 is 0 Å². The van der Waals surface area contributed by atoms with E-state index in [4.69, 9.17) is 5.73 Å². The molecule has 2 aromatic carbocycles. The molecule has 22 heavy (non-hydrogen) atoms. The normalized spacial score (nSPS) is 12.8. The van der Waals surface area contributed by atoms with Gasteiger partial charge in [-0.15, -0.1) is 0 Å². The lowest BCUT2D eigenvalue weighted by Crippen LogP contribution is -2.33. The Morgan fingerprint density at radius 2 is 1.27 bits per heavy atom. The fraction of sp³-hybridized carbons (Fsp3) is 0.400. The smallest absolute Gasteiger partial charge is 0.0237 e. The Morgan fingerprint density at radius 1 is 0.818 bits per heavy atom. The molecule has 0 aliphatic carbocycles. The number of hydrogen-bond donors (Lipinski definition) is 1. The van der Waals surface area contributed by atoms with Crippen molar-refractivity contribution in [2.75, 3.05) is 6.54 Å². The Hall–Kier alpha value is -1.64. The topological polar surface area (TPSA) is 29.3 Å². The highest BCUT2D eigenvalue weighted by Gasteiger charge is 2.12. The van der Waals surface area contributed by atoms with Crippen LogP contribution in [0.2, 0.25) is 0 Å². The second-order valence-corrected chi connectivity index (χ2v) is 6.38. The molecule has 2 N–H and O–H groups in total. The first kappa shape index (κ1) is 16.7. The van der Waals surface area contributed by atoms with E-state index in [0.717, 1.165) is 26.1 Å². The molecule has 0 amide bonds. The molecule has 2 aromatic rings. The SMILES string of the molecule is CC(C)C(N)CCN(Cc1ccccc1)Cc1ccccc1. The van der Waals surface area contributed by atoms with Crippen LogP contribution in [0, 0.1) is 5.92 Å². The van der Waals surface area contributed by atoms with Crippen LogP contribution in [0.4, 0.5) is 0 Å². The summed E-state index contributed by atoms with van der Waals surface area (Å²) in [6.07, 6.45) is 1.04. The lowest BCUT2D eigenvalue weighted by Gasteiger charge is -2.25. The van der Waals surface area contributed by atoms with E-state index in [0.29, 0.717) is 5.92 Å². The molecule has 0 aromatic heterocycles. The summed E-state index contributed by atoms with van der Waals surface area (Å²) >= 11 is 0. The molecule has 118 valence electrons.